The third-order valence-electron chi connectivity index (χ3n) is 8.04. The van der Waals surface area contributed by atoms with Crippen molar-refractivity contribution in [3.05, 3.63) is 46.5 Å². The van der Waals surface area contributed by atoms with Crippen LogP contribution in [0.1, 0.15) is 52.0 Å². The summed E-state index contributed by atoms with van der Waals surface area (Å²) in [5, 5.41) is 2.57. The number of piperazine rings is 1. The monoisotopic (exact) mass is 658 g/mol. The predicted molar refractivity (Wildman–Crippen MR) is 166 cm³/mol. The van der Waals surface area contributed by atoms with Crippen molar-refractivity contribution in [3.8, 4) is 11.4 Å². The number of halogens is 4. The largest absolute Gasteiger partial charge is 0.573 e. The molecule has 2 aromatic rings. The fourth-order valence-corrected chi connectivity index (χ4v) is 5.61. The third-order valence-corrected chi connectivity index (χ3v) is 8.04. The summed E-state index contributed by atoms with van der Waals surface area (Å²) in [6.07, 6.45) is -0.143. The highest BCUT2D eigenvalue weighted by atomic mass is 35.5. The molecule has 1 aliphatic heterocycles. The lowest BCUT2D eigenvalue weighted by Crippen LogP contribution is -2.58. The molecule has 0 bridgehead atoms. The van der Waals surface area contributed by atoms with Gasteiger partial charge in [-0.3, -0.25) is 19.6 Å². The molecule has 12 nitrogen and oxygen atoms in total. The Labute approximate surface area is 266 Å². The van der Waals surface area contributed by atoms with E-state index in [-0.39, 0.29) is 61.5 Å². The number of alkyl halides is 3. The second-order valence-corrected chi connectivity index (χ2v) is 11.9. The van der Waals surface area contributed by atoms with Gasteiger partial charge in [0.1, 0.15) is 11.6 Å². The molecule has 0 atom stereocenters. The second kappa shape index (κ2) is 14.8. The van der Waals surface area contributed by atoms with E-state index in [9.17, 15) is 27.6 Å². The van der Waals surface area contributed by atoms with Gasteiger partial charge < -0.3 is 26.0 Å². The summed E-state index contributed by atoms with van der Waals surface area (Å²) < 4.78 is 45.6. The Bertz CT molecular complexity index is 1380. The molecule has 250 valence electrons. The highest BCUT2D eigenvalue weighted by Gasteiger charge is 2.34. The number of aromatic nitrogens is 2. The summed E-state index contributed by atoms with van der Waals surface area (Å²) >= 11 is 0. The van der Waals surface area contributed by atoms with E-state index in [4.69, 9.17) is 11.5 Å². The van der Waals surface area contributed by atoms with Crippen molar-refractivity contribution < 1.29 is 27.5 Å². The van der Waals surface area contributed by atoms with Gasteiger partial charge in [0.05, 0.1) is 11.2 Å². The Balaban J connectivity index is 0.00000552. The number of nitrogens with two attached hydrogens (primary N) is 2. The van der Waals surface area contributed by atoms with Crippen molar-refractivity contribution >= 4 is 30.2 Å². The maximum Gasteiger partial charge on any atom is 0.573 e. The van der Waals surface area contributed by atoms with Crippen LogP contribution in [0, 0.1) is 0 Å². The SMILES string of the molecule is CCN(Cc1ccc(-n2ccc(NC(=O)N3CCN(C(=O)C(C)(C)N)CC3)nc2=O)cc1OC(F)(F)F)[C@H]1CC[C@H](N)CC1.Cl. The first-order chi connectivity index (χ1) is 20.6. The zero-order chi connectivity index (χ0) is 32.2. The van der Waals surface area contributed by atoms with E-state index in [0.29, 0.717) is 25.2 Å². The molecule has 1 aromatic carbocycles. The lowest BCUT2D eigenvalue weighted by atomic mass is 9.90. The summed E-state index contributed by atoms with van der Waals surface area (Å²) in [4.78, 5) is 47.2. The first kappa shape index (κ1) is 36.1. The molecule has 2 fully saturated rings. The highest BCUT2D eigenvalue weighted by molar-refractivity contribution is 5.89. The van der Waals surface area contributed by atoms with Crippen LogP contribution in [-0.2, 0) is 11.3 Å². The quantitative estimate of drug-likeness (QED) is 0.392. The summed E-state index contributed by atoms with van der Waals surface area (Å²) in [5.74, 6) is -0.635. The van der Waals surface area contributed by atoms with Crippen molar-refractivity contribution in [2.24, 2.45) is 11.5 Å². The van der Waals surface area contributed by atoms with Gasteiger partial charge in [0, 0.05) is 62.6 Å². The number of carbonyl (C=O) groups excluding carboxylic acids is 2. The Morgan fingerprint density at radius 3 is 2.24 bits per heavy atom. The minimum absolute atomic E-state index is 0. The Morgan fingerprint density at radius 1 is 1.07 bits per heavy atom. The van der Waals surface area contributed by atoms with Crippen LogP contribution >= 0.6 is 12.4 Å². The van der Waals surface area contributed by atoms with Crippen LogP contribution in [0.3, 0.4) is 0 Å². The zero-order valence-electron chi connectivity index (χ0n) is 25.7. The number of amides is 3. The minimum Gasteiger partial charge on any atom is -0.405 e. The molecule has 5 N–H and O–H groups in total. The number of hydrogen-bond acceptors (Lipinski definition) is 8. The molecule has 0 unspecified atom stereocenters. The summed E-state index contributed by atoms with van der Waals surface area (Å²) in [5.41, 5.74) is 10.6. The molecular weight excluding hydrogens is 617 g/mol. The van der Waals surface area contributed by atoms with Gasteiger partial charge >= 0.3 is 18.1 Å². The number of nitrogens with one attached hydrogen (secondary N) is 1. The molecule has 2 aliphatic rings. The third kappa shape index (κ3) is 9.55. The van der Waals surface area contributed by atoms with Crippen molar-refractivity contribution in [2.75, 3.05) is 38.0 Å². The lowest BCUT2D eigenvalue weighted by Gasteiger charge is -2.37. The van der Waals surface area contributed by atoms with E-state index in [1.165, 1.54) is 29.3 Å². The first-order valence-corrected chi connectivity index (χ1v) is 14.8. The number of carbonyl (C=O) groups is 2. The van der Waals surface area contributed by atoms with Gasteiger partial charge in [0.2, 0.25) is 5.91 Å². The molecule has 16 heteroatoms. The van der Waals surface area contributed by atoms with Crippen LogP contribution < -0.4 is 27.2 Å². The fourth-order valence-electron chi connectivity index (χ4n) is 5.61. The van der Waals surface area contributed by atoms with E-state index < -0.39 is 29.4 Å². The molecule has 1 saturated carbocycles. The van der Waals surface area contributed by atoms with Crippen LogP contribution in [0.15, 0.2) is 35.3 Å². The number of hydrogen-bond donors (Lipinski definition) is 3. The van der Waals surface area contributed by atoms with E-state index >= 15 is 0 Å². The molecular formula is C29H42ClF3N8O4. The van der Waals surface area contributed by atoms with Crippen molar-refractivity contribution in [3.63, 3.8) is 0 Å². The van der Waals surface area contributed by atoms with Crippen LogP contribution in [0.25, 0.3) is 5.69 Å². The number of anilines is 1. The van der Waals surface area contributed by atoms with E-state index in [1.807, 2.05) is 6.92 Å². The summed E-state index contributed by atoms with van der Waals surface area (Å²) in [6, 6.07) is 5.45. The summed E-state index contributed by atoms with van der Waals surface area (Å²) in [6.45, 7) is 7.24. The normalized spacial score (nSPS) is 19.2. The average molecular weight is 659 g/mol. The smallest absolute Gasteiger partial charge is 0.405 e. The molecule has 1 saturated heterocycles. The zero-order valence-corrected chi connectivity index (χ0v) is 26.5. The van der Waals surface area contributed by atoms with Crippen molar-refractivity contribution in [2.45, 2.75) is 77.0 Å². The molecule has 1 aliphatic carbocycles. The van der Waals surface area contributed by atoms with E-state index in [0.717, 1.165) is 36.3 Å². The fraction of sp³-hybridized carbons (Fsp3) is 0.586. The molecule has 4 rings (SSSR count). The Kier molecular flexibility index (Phi) is 11.9. The number of ether oxygens (including phenoxy) is 1. The predicted octanol–water partition coefficient (Wildman–Crippen LogP) is 3.06. The van der Waals surface area contributed by atoms with Gasteiger partial charge in [-0.2, -0.15) is 4.98 Å². The molecule has 3 amide bonds. The highest BCUT2D eigenvalue weighted by Crippen LogP contribution is 2.31. The van der Waals surface area contributed by atoms with Gasteiger partial charge in [-0.15, -0.1) is 25.6 Å². The topological polar surface area (TPSA) is 152 Å². The van der Waals surface area contributed by atoms with E-state index in [2.05, 4.69) is 19.9 Å². The van der Waals surface area contributed by atoms with Gasteiger partial charge in [-0.25, -0.2) is 9.59 Å². The van der Waals surface area contributed by atoms with Crippen LogP contribution in [0.5, 0.6) is 5.75 Å². The molecule has 0 radical (unpaired) electrons. The number of urea groups is 1. The number of rotatable bonds is 8. The van der Waals surface area contributed by atoms with E-state index in [1.54, 1.807) is 18.7 Å². The molecule has 45 heavy (non-hydrogen) atoms. The van der Waals surface area contributed by atoms with Crippen LogP contribution in [0.4, 0.5) is 23.8 Å². The molecule has 2 heterocycles. The number of nitrogens with zero attached hydrogens (tertiary/aromatic N) is 5. The molecule has 1 aromatic heterocycles. The molecule has 0 spiro atoms. The summed E-state index contributed by atoms with van der Waals surface area (Å²) in [7, 11) is 0. The van der Waals surface area contributed by atoms with Gasteiger partial charge in [-0.05, 0) is 58.2 Å². The maximum atomic E-state index is 13.4. The van der Waals surface area contributed by atoms with Crippen LogP contribution in [-0.4, -0.2) is 92.9 Å². The lowest BCUT2D eigenvalue weighted by molar-refractivity contribution is -0.275. The maximum absolute atomic E-state index is 13.4. The van der Waals surface area contributed by atoms with Crippen molar-refractivity contribution in [1.82, 2.24) is 24.3 Å². The van der Waals surface area contributed by atoms with Gasteiger partial charge in [-0.1, -0.05) is 13.0 Å². The Hall–Kier alpha value is -3.40. The Morgan fingerprint density at radius 2 is 1.69 bits per heavy atom. The first-order valence-electron chi connectivity index (χ1n) is 14.8. The van der Waals surface area contributed by atoms with Gasteiger partial charge in [0.15, 0.2) is 0 Å². The second-order valence-electron chi connectivity index (χ2n) is 11.9. The van der Waals surface area contributed by atoms with Gasteiger partial charge in [0.25, 0.3) is 0 Å². The number of benzene rings is 1. The van der Waals surface area contributed by atoms with Crippen molar-refractivity contribution in [1.29, 1.82) is 0 Å². The standard InChI is InChI=1S/C29H41F3N8O4.ClH/c1-4-37(21-9-6-20(33)7-10-21)18-19-5-8-22(17-23(19)44-29(30,31)32)40-12-11-24(36-27(40)43)35-26(42)39-15-13-38(14-16-39)25(41)28(2,3)34;/h5,8,11-12,17,20-21H,4,6-7,9-10,13-16,18,33-34H2,1-3H3,(H,35,36,42,43);1H/t20-,21-;. The minimum atomic E-state index is -4.93. The average Bonchev–Trinajstić information content (AvgIpc) is 2.95. The van der Waals surface area contributed by atoms with Crippen LogP contribution in [0.2, 0.25) is 0 Å².